The first-order chi connectivity index (χ1) is 16.5. The van der Waals surface area contributed by atoms with E-state index in [-0.39, 0.29) is 28.1 Å². The Morgan fingerprint density at radius 2 is 1.85 bits per heavy atom. The van der Waals surface area contributed by atoms with Crippen LogP contribution in [0.15, 0.2) is 87.1 Å². The number of hydrazone groups is 1. The Bertz CT molecular complexity index is 1400. The molecule has 1 N–H and O–H groups in total. The Morgan fingerprint density at radius 3 is 2.62 bits per heavy atom. The zero-order valence-electron chi connectivity index (χ0n) is 17.9. The van der Waals surface area contributed by atoms with E-state index in [0.717, 1.165) is 14.6 Å². The van der Waals surface area contributed by atoms with Crippen molar-refractivity contribution in [2.24, 2.45) is 5.10 Å². The van der Waals surface area contributed by atoms with Gasteiger partial charge in [-0.15, -0.1) is 11.3 Å². The largest absolute Gasteiger partial charge is 0.493 e. The summed E-state index contributed by atoms with van der Waals surface area (Å²) in [5.41, 5.74) is 3.65. The highest BCUT2D eigenvalue weighted by Gasteiger charge is 2.21. The molecule has 0 atom stereocenters. The Balaban J connectivity index is 1.43. The predicted octanol–water partition coefficient (Wildman–Crippen LogP) is 4.32. The van der Waals surface area contributed by atoms with E-state index in [9.17, 15) is 13.2 Å². The lowest BCUT2D eigenvalue weighted by Crippen LogP contribution is -2.19. The van der Waals surface area contributed by atoms with Crippen LogP contribution in [0.4, 0.5) is 0 Å². The van der Waals surface area contributed by atoms with E-state index in [1.807, 2.05) is 24.3 Å². The number of methoxy groups -OCH3 is 1. The van der Waals surface area contributed by atoms with Crippen molar-refractivity contribution in [2.45, 2.75) is 9.24 Å². The number of hydrogen-bond donors (Lipinski definition) is 1. The molecule has 0 aliphatic rings. The van der Waals surface area contributed by atoms with Crippen molar-refractivity contribution in [3.63, 3.8) is 0 Å². The lowest BCUT2D eigenvalue weighted by molar-refractivity contribution is -0.118. The number of thioether (sulfide) groups is 1. The normalized spacial score (nSPS) is 11.6. The fraction of sp³-hybridized carbons (Fsp3) is 0.0870. The summed E-state index contributed by atoms with van der Waals surface area (Å²) < 4.78 is 37.8. The molecule has 0 aliphatic carbocycles. The van der Waals surface area contributed by atoms with E-state index in [1.165, 1.54) is 48.6 Å². The molecule has 0 fully saturated rings. The second-order valence-electron chi connectivity index (χ2n) is 6.76. The molecule has 34 heavy (non-hydrogen) atoms. The number of aromatic nitrogens is 1. The molecule has 0 radical (unpaired) electrons. The molecule has 0 saturated carbocycles. The van der Waals surface area contributed by atoms with Gasteiger partial charge in [0.15, 0.2) is 15.8 Å². The first-order valence-corrected chi connectivity index (χ1v) is 13.1. The van der Waals surface area contributed by atoms with Crippen LogP contribution < -0.4 is 14.3 Å². The van der Waals surface area contributed by atoms with E-state index in [1.54, 1.807) is 36.4 Å². The third kappa shape index (κ3) is 5.74. The molecule has 4 aromatic rings. The van der Waals surface area contributed by atoms with Crippen molar-refractivity contribution in [1.29, 1.82) is 0 Å². The highest BCUT2D eigenvalue weighted by molar-refractivity contribution is 8.01. The average molecular weight is 514 g/mol. The monoisotopic (exact) mass is 513 g/mol. The number of hydrogen-bond acceptors (Lipinski definition) is 9. The molecular formula is C23H19N3O5S3. The molecule has 0 aliphatic heterocycles. The number of para-hydroxylation sites is 2. The first-order valence-electron chi connectivity index (χ1n) is 9.93. The molecule has 0 unspecified atom stereocenters. The number of nitrogens with zero attached hydrogens (tertiary/aromatic N) is 2. The maximum Gasteiger partial charge on any atom is 0.339 e. The van der Waals surface area contributed by atoms with Crippen molar-refractivity contribution in [3.05, 3.63) is 78.4 Å². The number of ether oxygens (including phenoxy) is 1. The van der Waals surface area contributed by atoms with Gasteiger partial charge in [-0.2, -0.15) is 13.5 Å². The number of fused-ring (bicyclic) bond motifs is 1. The highest BCUT2D eigenvalue weighted by Crippen LogP contribution is 2.33. The first kappa shape index (κ1) is 23.7. The fourth-order valence-corrected chi connectivity index (χ4v) is 5.72. The van der Waals surface area contributed by atoms with E-state index < -0.39 is 10.1 Å². The van der Waals surface area contributed by atoms with Gasteiger partial charge in [0.1, 0.15) is 4.90 Å². The topological polar surface area (TPSA) is 107 Å². The van der Waals surface area contributed by atoms with Crippen molar-refractivity contribution in [2.75, 3.05) is 12.9 Å². The van der Waals surface area contributed by atoms with Crippen molar-refractivity contribution in [1.82, 2.24) is 10.4 Å². The molecule has 0 spiro atoms. The van der Waals surface area contributed by atoms with Crippen LogP contribution in [0.5, 0.6) is 11.5 Å². The maximum atomic E-state index is 12.7. The molecule has 0 bridgehead atoms. The van der Waals surface area contributed by atoms with Crippen LogP contribution in [0.3, 0.4) is 0 Å². The minimum Gasteiger partial charge on any atom is -0.493 e. The van der Waals surface area contributed by atoms with Crippen molar-refractivity contribution < 1.29 is 22.1 Å². The maximum absolute atomic E-state index is 12.7. The van der Waals surface area contributed by atoms with Crippen LogP contribution in [-0.2, 0) is 14.9 Å². The Hall–Kier alpha value is -3.41. The lowest BCUT2D eigenvalue weighted by atomic mass is 10.2. The van der Waals surface area contributed by atoms with Crippen molar-refractivity contribution in [3.8, 4) is 11.5 Å². The van der Waals surface area contributed by atoms with Crippen LogP contribution in [0, 0.1) is 0 Å². The van der Waals surface area contributed by atoms with Crippen LogP contribution in [-0.4, -0.2) is 38.4 Å². The van der Waals surface area contributed by atoms with Gasteiger partial charge in [0.25, 0.3) is 5.91 Å². The van der Waals surface area contributed by atoms with Gasteiger partial charge >= 0.3 is 10.1 Å². The second-order valence-corrected chi connectivity index (χ2v) is 10.6. The smallest absolute Gasteiger partial charge is 0.339 e. The van der Waals surface area contributed by atoms with Gasteiger partial charge in [-0.05, 0) is 36.4 Å². The number of rotatable bonds is 9. The van der Waals surface area contributed by atoms with Crippen LogP contribution in [0.1, 0.15) is 5.56 Å². The number of amides is 1. The molecule has 1 amide bonds. The van der Waals surface area contributed by atoms with Gasteiger partial charge < -0.3 is 8.92 Å². The zero-order chi connectivity index (χ0) is 24.0. The molecule has 174 valence electrons. The molecule has 1 heterocycles. The van der Waals surface area contributed by atoms with Crippen LogP contribution >= 0.6 is 23.1 Å². The third-order valence-corrected chi connectivity index (χ3v) is 7.86. The number of benzene rings is 3. The summed E-state index contributed by atoms with van der Waals surface area (Å²) in [6, 6.07) is 20.4. The Labute approximate surface area is 204 Å². The number of nitrogens with one attached hydrogen (secondary N) is 1. The Morgan fingerprint density at radius 1 is 1.09 bits per heavy atom. The van der Waals surface area contributed by atoms with Gasteiger partial charge in [0, 0.05) is 5.56 Å². The van der Waals surface area contributed by atoms with Gasteiger partial charge in [-0.3, -0.25) is 4.79 Å². The van der Waals surface area contributed by atoms with E-state index in [4.69, 9.17) is 8.92 Å². The van der Waals surface area contributed by atoms with E-state index in [0.29, 0.717) is 5.56 Å². The number of carbonyl (C=O) groups is 1. The summed E-state index contributed by atoms with van der Waals surface area (Å²) in [6.07, 6.45) is 1.30. The molecule has 11 heteroatoms. The van der Waals surface area contributed by atoms with E-state index in [2.05, 4.69) is 15.5 Å². The summed E-state index contributed by atoms with van der Waals surface area (Å²) in [5.74, 6) is -0.0271. The number of carbonyl (C=O) groups excluding carboxylic acids is 1. The quantitative estimate of drug-likeness (QED) is 0.154. The minimum absolute atomic E-state index is 0.00368. The highest BCUT2D eigenvalue weighted by atomic mass is 32.2. The molecule has 4 rings (SSSR count). The summed E-state index contributed by atoms with van der Waals surface area (Å²) in [7, 11) is -2.70. The van der Waals surface area contributed by atoms with Gasteiger partial charge in [-0.25, -0.2) is 10.4 Å². The molecular weight excluding hydrogens is 494 g/mol. The van der Waals surface area contributed by atoms with Gasteiger partial charge in [-0.1, -0.05) is 48.2 Å². The van der Waals surface area contributed by atoms with Crippen molar-refractivity contribution >= 4 is 55.6 Å². The summed E-state index contributed by atoms with van der Waals surface area (Å²) in [6.45, 7) is 0. The molecule has 1 aromatic heterocycles. The van der Waals surface area contributed by atoms with E-state index >= 15 is 0 Å². The minimum atomic E-state index is -4.10. The lowest BCUT2D eigenvalue weighted by Gasteiger charge is -2.13. The standard InChI is InChI=1S/C23H19N3O5S3/c1-30-19-12-7-8-16(22(19)31-34(28,29)17-9-3-2-4-10-17)14-24-26-21(27)15-32-23-25-18-11-5-6-13-20(18)33-23/h2-14H,15H2,1H3,(H,26,27)/b24-14-. The fourth-order valence-electron chi connectivity index (χ4n) is 2.88. The average Bonchev–Trinajstić information content (AvgIpc) is 3.27. The van der Waals surface area contributed by atoms with Gasteiger partial charge in [0.05, 0.1) is 29.3 Å². The summed E-state index contributed by atoms with van der Waals surface area (Å²) in [4.78, 5) is 16.7. The number of thiazole rings is 1. The molecule has 3 aromatic carbocycles. The summed E-state index contributed by atoms with van der Waals surface area (Å²) >= 11 is 2.83. The second kappa shape index (κ2) is 10.7. The SMILES string of the molecule is COc1cccc(/C=N\NC(=O)CSc2nc3ccccc3s2)c1OS(=O)(=O)c1ccccc1. The Kier molecular flexibility index (Phi) is 7.46. The molecule has 8 nitrogen and oxygen atoms in total. The van der Waals surface area contributed by atoms with Gasteiger partial charge in [0.2, 0.25) is 0 Å². The third-order valence-electron chi connectivity index (χ3n) is 4.45. The zero-order valence-corrected chi connectivity index (χ0v) is 20.3. The predicted molar refractivity (Wildman–Crippen MR) is 133 cm³/mol. The van der Waals surface area contributed by atoms with Crippen LogP contribution in [0.2, 0.25) is 0 Å². The molecule has 0 saturated heterocycles. The summed E-state index contributed by atoms with van der Waals surface area (Å²) in [5, 5.41) is 3.95. The van der Waals surface area contributed by atoms with Crippen LogP contribution in [0.25, 0.3) is 10.2 Å².